The first kappa shape index (κ1) is 22.1. The maximum atomic E-state index is 12.2. The molecule has 1 N–H and O–H groups in total. The SMILES string of the molecule is CCC(=O)Nc1nnc(SCc2cc(=O)c(OC(=O)c3ccccc3[N+](=O)[O-])co2)s1. The van der Waals surface area contributed by atoms with Crippen molar-refractivity contribution in [1.82, 2.24) is 10.2 Å². The highest BCUT2D eigenvalue weighted by Crippen LogP contribution is 2.28. The van der Waals surface area contributed by atoms with Crippen LogP contribution in [-0.4, -0.2) is 27.0 Å². The van der Waals surface area contributed by atoms with Crippen LogP contribution in [0.4, 0.5) is 10.8 Å². The number of nitrogens with zero attached hydrogens (tertiary/aromatic N) is 3. The number of anilines is 1. The number of nitro benzene ring substituents is 1. The van der Waals surface area contributed by atoms with Gasteiger partial charge in [0.1, 0.15) is 17.6 Å². The van der Waals surface area contributed by atoms with Gasteiger partial charge in [0, 0.05) is 18.6 Å². The fraction of sp³-hybridized carbons (Fsp3) is 0.167. The molecule has 160 valence electrons. The molecule has 31 heavy (non-hydrogen) atoms. The average molecular weight is 462 g/mol. The van der Waals surface area contributed by atoms with E-state index in [0.29, 0.717) is 15.9 Å². The zero-order chi connectivity index (χ0) is 22.4. The molecule has 3 aromatic rings. The van der Waals surface area contributed by atoms with E-state index in [1.165, 1.54) is 41.3 Å². The highest BCUT2D eigenvalue weighted by atomic mass is 32.2. The smallest absolute Gasteiger partial charge is 0.350 e. The molecule has 1 amide bonds. The summed E-state index contributed by atoms with van der Waals surface area (Å²) in [6.45, 7) is 1.72. The normalized spacial score (nSPS) is 10.5. The molecule has 11 nitrogen and oxygen atoms in total. The Morgan fingerprint density at radius 2 is 2.10 bits per heavy atom. The molecule has 0 unspecified atom stereocenters. The van der Waals surface area contributed by atoms with Crippen LogP contribution in [0.1, 0.15) is 29.5 Å². The van der Waals surface area contributed by atoms with Crippen molar-refractivity contribution in [3.05, 3.63) is 68.3 Å². The van der Waals surface area contributed by atoms with Gasteiger partial charge in [-0.15, -0.1) is 10.2 Å². The number of nitro groups is 1. The molecular weight excluding hydrogens is 448 g/mol. The molecular formula is C18H14N4O7S2. The summed E-state index contributed by atoms with van der Waals surface area (Å²) in [4.78, 5) is 46.2. The third kappa shape index (κ3) is 5.73. The van der Waals surface area contributed by atoms with Gasteiger partial charge in [-0.1, -0.05) is 42.2 Å². The number of para-hydroxylation sites is 1. The topological polar surface area (TPSA) is 155 Å². The first-order chi connectivity index (χ1) is 14.9. The lowest BCUT2D eigenvalue weighted by Crippen LogP contribution is -2.16. The third-order valence-corrected chi connectivity index (χ3v) is 5.68. The van der Waals surface area contributed by atoms with Gasteiger partial charge in [0.05, 0.1) is 10.7 Å². The Bertz CT molecular complexity index is 1190. The zero-order valence-corrected chi connectivity index (χ0v) is 17.5. The van der Waals surface area contributed by atoms with Crippen LogP contribution >= 0.6 is 23.1 Å². The second kappa shape index (κ2) is 9.95. The Balaban J connectivity index is 1.64. The molecule has 2 heterocycles. The van der Waals surface area contributed by atoms with Gasteiger partial charge in [-0.2, -0.15) is 0 Å². The van der Waals surface area contributed by atoms with Crippen molar-refractivity contribution in [1.29, 1.82) is 0 Å². The average Bonchev–Trinajstić information content (AvgIpc) is 3.21. The summed E-state index contributed by atoms with van der Waals surface area (Å²) in [6, 6.07) is 6.39. The summed E-state index contributed by atoms with van der Waals surface area (Å²) in [5.41, 5.74) is -1.34. The summed E-state index contributed by atoms with van der Waals surface area (Å²) >= 11 is 2.42. The van der Waals surface area contributed by atoms with Crippen LogP contribution in [0.5, 0.6) is 5.75 Å². The summed E-state index contributed by atoms with van der Waals surface area (Å²) in [6.07, 6.45) is 1.29. The second-order valence-corrected chi connectivity index (χ2v) is 8.00. The highest BCUT2D eigenvalue weighted by molar-refractivity contribution is 8.00. The van der Waals surface area contributed by atoms with E-state index in [-0.39, 0.29) is 23.0 Å². The lowest BCUT2D eigenvalue weighted by Gasteiger charge is -2.05. The van der Waals surface area contributed by atoms with Gasteiger partial charge in [-0.05, 0) is 6.07 Å². The molecule has 0 radical (unpaired) electrons. The van der Waals surface area contributed by atoms with Gasteiger partial charge >= 0.3 is 5.97 Å². The van der Waals surface area contributed by atoms with Crippen LogP contribution in [0.25, 0.3) is 0 Å². The van der Waals surface area contributed by atoms with E-state index in [2.05, 4.69) is 15.5 Å². The Morgan fingerprint density at radius 3 is 2.81 bits per heavy atom. The molecule has 0 fully saturated rings. The van der Waals surface area contributed by atoms with Gasteiger partial charge in [0.25, 0.3) is 5.69 Å². The van der Waals surface area contributed by atoms with Crippen molar-refractivity contribution in [3.8, 4) is 5.75 Å². The Kier molecular flexibility index (Phi) is 7.10. The molecule has 13 heteroatoms. The van der Waals surface area contributed by atoms with Crippen molar-refractivity contribution in [3.63, 3.8) is 0 Å². The highest BCUT2D eigenvalue weighted by Gasteiger charge is 2.22. The van der Waals surface area contributed by atoms with Gasteiger partial charge in [0.2, 0.25) is 22.2 Å². The maximum Gasteiger partial charge on any atom is 0.350 e. The molecule has 0 bridgehead atoms. The standard InChI is InChI=1S/C18H14N4O7S2/c1-2-15(24)19-17-20-21-18(31-17)30-9-10-7-13(23)14(8-28-10)29-16(25)11-5-3-4-6-12(11)22(26)27/h3-8H,2,9H2,1H3,(H,19,20,24). The number of hydrogen-bond acceptors (Lipinski definition) is 11. The molecule has 0 saturated carbocycles. The van der Waals surface area contributed by atoms with Crippen molar-refractivity contribution in [2.24, 2.45) is 0 Å². The minimum absolute atomic E-state index is 0.176. The van der Waals surface area contributed by atoms with Crippen LogP contribution in [-0.2, 0) is 10.5 Å². The molecule has 0 spiro atoms. The summed E-state index contributed by atoms with van der Waals surface area (Å²) in [5.74, 6) is -1.08. The number of carbonyl (C=O) groups excluding carboxylic acids is 2. The number of hydrogen-bond donors (Lipinski definition) is 1. The quantitative estimate of drug-likeness (QED) is 0.173. The van der Waals surface area contributed by atoms with Gasteiger partial charge in [-0.3, -0.25) is 19.7 Å². The van der Waals surface area contributed by atoms with Gasteiger partial charge in [-0.25, -0.2) is 4.79 Å². The van der Waals surface area contributed by atoms with Gasteiger partial charge in [0.15, 0.2) is 4.34 Å². The molecule has 0 atom stereocenters. The number of benzene rings is 1. The third-order valence-electron chi connectivity index (χ3n) is 3.69. The number of nitrogens with one attached hydrogen (secondary N) is 1. The minimum Gasteiger partial charge on any atom is -0.464 e. The van der Waals surface area contributed by atoms with Crippen LogP contribution in [0.3, 0.4) is 0 Å². The van der Waals surface area contributed by atoms with Crippen LogP contribution in [0, 0.1) is 10.1 Å². The second-order valence-electron chi connectivity index (χ2n) is 5.80. The van der Waals surface area contributed by atoms with E-state index < -0.39 is 27.8 Å². The number of aromatic nitrogens is 2. The number of esters is 1. The summed E-state index contributed by atoms with van der Waals surface area (Å²) < 4.78 is 10.8. The monoisotopic (exact) mass is 462 g/mol. The number of thioether (sulfide) groups is 1. The lowest BCUT2D eigenvalue weighted by molar-refractivity contribution is -0.385. The van der Waals surface area contributed by atoms with Crippen molar-refractivity contribution >= 4 is 45.8 Å². The molecule has 0 aliphatic carbocycles. The fourth-order valence-electron chi connectivity index (χ4n) is 2.21. The van der Waals surface area contributed by atoms with E-state index in [9.17, 15) is 24.5 Å². The first-order valence-electron chi connectivity index (χ1n) is 8.71. The van der Waals surface area contributed by atoms with Crippen LogP contribution in [0.2, 0.25) is 0 Å². The Morgan fingerprint density at radius 1 is 1.32 bits per heavy atom. The van der Waals surface area contributed by atoms with E-state index in [1.54, 1.807) is 6.92 Å². The van der Waals surface area contributed by atoms with Crippen LogP contribution < -0.4 is 15.5 Å². The number of carbonyl (C=O) groups is 2. The lowest BCUT2D eigenvalue weighted by atomic mass is 10.2. The molecule has 0 aliphatic heterocycles. The van der Waals surface area contributed by atoms with E-state index in [0.717, 1.165) is 18.4 Å². The number of ether oxygens (including phenoxy) is 1. The Labute approximate surface area is 182 Å². The molecule has 3 rings (SSSR count). The van der Waals surface area contributed by atoms with E-state index in [4.69, 9.17) is 9.15 Å². The fourth-order valence-corrected chi connectivity index (χ4v) is 3.87. The maximum absolute atomic E-state index is 12.2. The van der Waals surface area contributed by atoms with Crippen molar-refractivity contribution in [2.45, 2.75) is 23.4 Å². The molecule has 0 saturated heterocycles. The Hall–Kier alpha value is -3.58. The van der Waals surface area contributed by atoms with Gasteiger partial charge < -0.3 is 14.5 Å². The van der Waals surface area contributed by atoms with Crippen molar-refractivity contribution < 1.29 is 23.7 Å². The van der Waals surface area contributed by atoms with Crippen LogP contribution in [0.15, 0.2) is 50.1 Å². The summed E-state index contributed by atoms with van der Waals surface area (Å²) in [7, 11) is 0. The molecule has 2 aromatic heterocycles. The minimum atomic E-state index is -1.04. The first-order valence-corrected chi connectivity index (χ1v) is 10.5. The zero-order valence-electron chi connectivity index (χ0n) is 15.9. The van der Waals surface area contributed by atoms with Crippen molar-refractivity contribution in [2.75, 3.05) is 5.32 Å². The van der Waals surface area contributed by atoms with E-state index in [1.807, 2.05) is 0 Å². The molecule has 0 aliphatic rings. The molecule has 1 aromatic carbocycles. The predicted octanol–water partition coefficient (Wildman–Crippen LogP) is 3.26. The predicted molar refractivity (Wildman–Crippen MR) is 111 cm³/mol. The largest absolute Gasteiger partial charge is 0.464 e. The van der Waals surface area contributed by atoms with E-state index >= 15 is 0 Å². The number of rotatable bonds is 8. The summed E-state index contributed by atoms with van der Waals surface area (Å²) in [5, 5.41) is 21.8. The number of amides is 1.